The van der Waals surface area contributed by atoms with Crippen LogP contribution in [0.3, 0.4) is 0 Å². The molecule has 0 aliphatic carbocycles. The molecule has 1 saturated heterocycles. The van der Waals surface area contributed by atoms with Crippen LogP contribution < -0.4 is 5.32 Å². The van der Waals surface area contributed by atoms with E-state index in [-0.39, 0.29) is 12.5 Å². The van der Waals surface area contributed by atoms with Gasteiger partial charge in [-0.2, -0.15) is 0 Å². The second-order valence-corrected chi connectivity index (χ2v) is 6.35. The van der Waals surface area contributed by atoms with Gasteiger partial charge in [0.25, 0.3) is 0 Å². The van der Waals surface area contributed by atoms with Crippen molar-refractivity contribution in [2.24, 2.45) is 4.99 Å². The van der Waals surface area contributed by atoms with Crippen molar-refractivity contribution in [1.29, 1.82) is 0 Å². The quantitative estimate of drug-likeness (QED) is 0.432. The predicted molar refractivity (Wildman–Crippen MR) is 96.7 cm³/mol. The van der Waals surface area contributed by atoms with Gasteiger partial charge >= 0.3 is 0 Å². The molecule has 0 aromatic carbocycles. The van der Waals surface area contributed by atoms with Crippen LogP contribution in [0.5, 0.6) is 0 Å². The van der Waals surface area contributed by atoms with Crippen LogP contribution >= 0.6 is 0 Å². The van der Waals surface area contributed by atoms with Gasteiger partial charge in [0.05, 0.1) is 0 Å². The number of guanidine groups is 1. The highest BCUT2D eigenvalue weighted by molar-refractivity contribution is 5.85. The Hall–Kier alpha value is -1.56. The van der Waals surface area contributed by atoms with E-state index in [1.807, 2.05) is 6.92 Å². The maximum atomic E-state index is 11.8. The normalized spacial score (nSPS) is 18.4. The lowest BCUT2D eigenvalue weighted by Gasteiger charge is -2.27. The van der Waals surface area contributed by atoms with Gasteiger partial charge in [0.2, 0.25) is 5.91 Å². The first-order valence-corrected chi connectivity index (χ1v) is 8.50. The third kappa shape index (κ3) is 6.22. The second-order valence-electron chi connectivity index (χ2n) is 6.35. The van der Waals surface area contributed by atoms with Crippen molar-refractivity contribution in [3.05, 3.63) is 12.2 Å². The van der Waals surface area contributed by atoms with Crippen LogP contribution in [-0.4, -0.2) is 86.0 Å². The number of amides is 1. The summed E-state index contributed by atoms with van der Waals surface area (Å²) in [4.78, 5) is 22.7. The smallest absolute Gasteiger partial charge is 0.243 e. The van der Waals surface area contributed by atoms with Crippen LogP contribution in [0.2, 0.25) is 0 Å². The van der Waals surface area contributed by atoms with E-state index in [4.69, 9.17) is 0 Å². The van der Waals surface area contributed by atoms with Crippen molar-refractivity contribution in [2.45, 2.75) is 33.2 Å². The average Bonchev–Trinajstić information content (AvgIpc) is 2.97. The molecule has 23 heavy (non-hydrogen) atoms. The number of nitrogens with zero attached hydrogens (tertiary/aromatic N) is 4. The lowest BCUT2D eigenvalue weighted by Crippen LogP contribution is -2.44. The van der Waals surface area contributed by atoms with Gasteiger partial charge in [0.15, 0.2) is 5.96 Å². The number of nitrogens with one attached hydrogen (secondary N) is 1. The topological polar surface area (TPSA) is 51.2 Å². The zero-order valence-corrected chi connectivity index (χ0v) is 15.4. The summed E-state index contributed by atoms with van der Waals surface area (Å²) in [7, 11) is 3.51. The molecule has 1 unspecified atom stereocenters. The Bertz CT molecular complexity index is 429. The minimum atomic E-state index is 0.0131. The van der Waals surface area contributed by atoms with Crippen molar-refractivity contribution in [1.82, 2.24) is 20.0 Å². The monoisotopic (exact) mass is 323 g/mol. The molecule has 0 saturated carbocycles. The molecular formula is C17H33N5O. The summed E-state index contributed by atoms with van der Waals surface area (Å²) < 4.78 is 0. The highest BCUT2D eigenvalue weighted by Crippen LogP contribution is 2.15. The van der Waals surface area contributed by atoms with E-state index in [0.29, 0.717) is 12.6 Å². The van der Waals surface area contributed by atoms with E-state index >= 15 is 0 Å². The van der Waals surface area contributed by atoms with Crippen LogP contribution in [0, 0.1) is 0 Å². The van der Waals surface area contributed by atoms with Gasteiger partial charge in [-0.15, -0.1) is 0 Å². The van der Waals surface area contributed by atoms with Crippen LogP contribution in [0.15, 0.2) is 17.1 Å². The molecule has 1 atom stereocenters. The van der Waals surface area contributed by atoms with Gasteiger partial charge in [-0.25, -0.2) is 4.99 Å². The predicted octanol–water partition coefficient (Wildman–Crippen LogP) is 1.01. The summed E-state index contributed by atoms with van der Waals surface area (Å²) in [5, 5.41) is 3.34. The number of hydrogen-bond donors (Lipinski definition) is 1. The summed E-state index contributed by atoms with van der Waals surface area (Å²) >= 11 is 0. The van der Waals surface area contributed by atoms with E-state index in [1.54, 1.807) is 19.0 Å². The maximum absolute atomic E-state index is 11.8. The van der Waals surface area contributed by atoms with E-state index in [1.165, 1.54) is 0 Å². The number of rotatable bonds is 7. The minimum absolute atomic E-state index is 0.0131. The molecule has 0 bridgehead atoms. The highest BCUT2D eigenvalue weighted by atomic mass is 16.2. The summed E-state index contributed by atoms with van der Waals surface area (Å²) in [5.74, 6) is 0.831. The molecule has 1 aliphatic rings. The molecule has 0 aromatic heterocycles. The van der Waals surface area contributed by atoms with Gasteiger partial charge in [-0.05, 0) is 26.4 Å². The Balaban J connectivity index is 2.74. The number of aliphatic imine (C=N–C) groups is 1. The van der Waals surface area contributed by atoms with Crippen molar-refractivity contribution in [3.8, 4) is 0 Å². The Morgan fingerprint density at radius 1 is 1.35 bits per heavy atom. The summed E-state index contributed by atoms with van der Waals surface area (Å²) in [6.45, 7) is 15.2. The van der Waals surface area contributed by atoms with Crippen molar-refractivity contribution in [2.75, 3.05) is 53.4 Å². The van der Waals surface area contributed by atoms with E-state index in [2.05, 4.69) is 40.5 Å². The van der Waals surface area contributed by atoms with Crippen LogP contribution in [0.4, 0.5) is 0 Å². The van der Waals surface area contributed by atoms with E-state index in [9.17, 15) is 4.79 Å². The van der Waals surface area contributed by atoms with Gasteiger partial charge in [0.1, 0.15) is 6.54 Å². The van der Waals surface area contributed by atoms with Crippen molar-refractivity contribution >= 4 is 11.9 Å². The number of carbonyl (C=O) groups excluding carboxylic acids is 1. The fraction of sp³-hybridized carbons (Fsp3) is 0.765. The zero-order valence-electron chi connectivity index (χ0n) is 15.4. The molecule has 132 valence electrons. The first-order chi connectivity index (χ1) is 10.9. The molecule has 1 rings (SSSR count). The van der Waals surface area contributed by atoms with Gasteiger partial charge in [-0.3, -0.25) is 9.69 Å². The molecule has 1 amide bonds. The van der Waals surface area contributed by atoms with Gasteiger partial charge < -0.3 is 15.1 Å². The standard InChI is InChI=1S/C17H33N5O/c1-7-21(8-2)15-9-10-22(13-15)17(18-11-14(3)4)19-12-16(23)20(5)6/h15H,3,7-13H2,1-2,4-6H3,(H,18,19). The Morgan fingerprint density at radius 2 is 2.00 bits per heavy atom. The minimum Gasteiger partial charge on any atom is -0.353 e. The third-order valence-corrected chi connectivity index (χ3v) is 4.20. The second kappa shape index (κ2) is 9.55. The molecule has 1 aliphatic heterocycles. The number of likely N-dealkylation sites (tertiary alicyclic amines) is 1. The lowest BCUT2D eigenvalue weighted by atomic mass is 10.2. The molecule has 6 heteroatoms. The third-order valence-electron chi connectivity index (χ3n) is 4.20. The molecular weight excluding hydrogens is 290 g/mol. The Kier molecular flexibility index (Phi) is 8.09. The Labute approximate surface area is 141 Å². The fourth-order valence-corrected chi connectivity index (χ4v) is 2.75. The fourth-order valence-electron chi connectivity index (χ4n) is 2.75. The van der Waals surface area contributed by atoms with Crippen LogP contribution in [0.1, 0.15) is 27.2 Å². The molecule has 0 aromatic rings. The van der Waals surface area contributed by atoms with Crippen molar-refractivity contribution in [3.63, 3.8) is 0 Å². The molecule has 1 N–H and O–H groups in total. The number of likely N-dealkylation sites (N-methyl/N-ethyl adjacent to an activating group) is 2. The van der Waals surface area contributed by atoms with Crippen molar-refractivity contribution < 1.29 is 4.79 Å². The van der Waals surface area contributed by atoms with E-state index in [0.717, 1.165) is 44.1 Å². The van der Waals surface area contributed by atoms with Gasteiger partial charge in [0, 0.05) is 39.8 Å². The van der Waals surface area contributed by atoms with Crippen LogP contribution in [-0.2, 0) is 4.79 Å². The number of carbonyl (C=O) groups is 1. The summed E-state index contributed by atoms with van der Waals surface area (Å²) in [6, 6.07) is 0.561. The largest absolute Gasteiger partial charge is 0.353 e. The zero-order chi connectivity index (χ0) is 17.4. The first-order valence-electron chi connectivity index (χ1n) is 8.50. The number of hydrogen-bond acceptors (Lipinski definition) is 3. The highest BCUT2D eigenvalue weighted by Gasteiger charge is 2.28. The first kappa shape index (κ1) is 19.5. The SMILES string of the molecule is C=C(C)CNC(=NCC(=O)N(C)C)N1CCC(N(CC)CC)C1. The molecule has 1 fully saturated rings. The molecule has 6 nitrogen and oxygen atoms in total. The van der Waals surface area contributed by atoms with Gasteiger partial charge in [-0.1, -0.05) is 26.0 Å². The molecule has 0 spiro atoms. The van der Waals surface area contributed by atoms with E-state index < -0.39 is 0 Å². The average molecular weight is 323 g/mol. The molecule has 1 heterocycles. The maximum Gasteiger partial charge on any atom is 0.243 e. The summed E-state index contributed by atoms with van der Waals surface area (Å²) in [5.41, 5.74) is 1.05. The Morgan fingerprint density at radius 3 is 2.52 bits per heavy atom. The lowest BCUT2D eigenvalue weighted by molar-refractivity contribution is -0.127. The molecule has 0 radical (unpaired) electrons. The summed E-state index contributed by atoms with van der Waals surface area (Å²) in [6.07, 6.45) is 1.14. The van der Waals surface area contributed by atoms with Crippen LogP contribution in [0.25, 0.3) is 0 Å².